The summed E-state index contributed by atoms with van der Waals surface area (Å²) < 4.78 is 78.6. The highest BCUT2D eigenvalue weighted by atomic mass is 79.9. The third-order valence-electron chi connectivity index (χ3n) is 2.67. The van der Waals surface area contributed by atoms with Gasteiger partial charge in [-0.3, -0.25) is 0 Å². The molecule has 0 heterocycles. The van der Waals surface area contributed by atoms with Crippen molar-refractivity contribution >= 4 is 15.9 Å². The number of alkyl halides is 6. The Hall–Kier alpha value is -1.70. The third-order valence-corrected chi connectivity index (χ3v) is 3.36. The second-order valence-electron chi connectivity index (χ2n) is 4.27. The van der Waals surface area contributed by atoms with Crippen molar-refractivity contribution in [3.05, 3.63) is 52.5 Å². The molecule has 0 amide bonds. The van der Waals surface area contributed by atoms with Crippen LogP contribution < -0.4 is 4.74 Å². The smallest absolute Gasteiger partial charge is 0.406 e. The molecule has 0 N–H and O–H groups in total. The van der Waals surface area contributed by atoms with E-state index in [0.717, 1.165) is 18.2 Å². The Kier molecular flexibility index (Phi) is 4.42. The van der Waals surface area contributed by atoms with Gasteiger partial charge in [-0.15, -0.1) is 13.2 Å². The van der Waals surface area contributed by atoms with E-state index in [2.05, 4.69) is 20.7 Å². The van der Waals surface area contributed by atoms with Gasteiger partial charge in [-0.05, 0) is 35.4 Å². The van der Waals surface area contributed by atoms with Crippen molar-refractivity contribution in [3.63, 3.8) is 0 Å². The summed E-state index contributed by atoms with van der Waals surface area (Å²) in [7, 11) is 0. The Morgan fingerprint density at radius 2 is 1.45 bits per heavy atom. The quantitative estimate of drug-likeness (QED) is 0.574. The molecule has 2 aromatic rings. The molecule has 0 bridgehead atoms. The van der Waals surface area contributed by atoms with Gasteiger partial charge in [0.1, 0.15) is 5.75 Å². The van der Waals surface area contributed by atoms with Crippen LogP contribution in [0.5, 0.6) is 5.75 Å². The van der Waals surface area contributed by atoms with Crippen LogP contribution in [0.15, 0.2) is 46.9 Å². The first-order valence-electron chi connectivity index (χ1n) is 5.79. The summed E-state index contributed by atoms with van der Waals surface area (Å²) >= 11 is 2.80. The van der Waals surface area contributed by atoms with Crippen LogP contribution in [-0.4, -0.2) is 6.36 Å². The van der Waals surface area contributed by atoms with Crippen molar-refractivity contribution in [2.45, 2.75) is 12.5 Å². The normalized spacial score (nSPS) is 12.3. The van der Waals surface area contributed by atoms with E-state index in [1.54, 1.807) is 0 Å². The molecule has 0 radical (unpaired) electrons. The fourth-order valence-electron chi connectivity index (χ4n) is 1.79. The Morgan fingerprint density at radius 1 is 0.818 bits per heavy atom. The summed E-state index contributed by atoms with van der Waals surface area (Å²) in [5.74, 6) is -0.499. The molecule has 0 aliphatic rings. The number of rotatable bonds is 2. The minimum atomic E-state index is -4.87. The molecule has 0 aliphatic heterocycles. The molecule has 1 nitrogen and oxygen atoms in total. The average molecular weight is 385 g/mol. The lowest BCUT2D eigenvalue weighted by Gasteiger charge is -2.13. The van der Waals surface area contributed by atoms with Gasteiger partial charge in [0, 0.05) is 4.47 Å². The van der Waals surface area contributed by atoms with Gasteiger partial charge in [0.15, 0.2) is 0 Å². The van der Waals surface area contributed by atoms with Crippen molar-refractivity contribution in [1.29, 1.82) is 0 Å². The molecule has 0 saturated carbocycles. The van der Waals surface area contributed by atoms with Gasteiger partial charge in [0.25, 0.3) is 0 Å². The summed E-state index contributed by atoms with van der Waals surface area (Å²) in [6.45, 7) is 0. The Morgan fingerprint density at radius 3 is 2.05 bits per heavy atom. The van der Waals surface area contributed by atoms with Crippen LogP contribution >= 0.6 is 15.9 Å². The first kappa shape index (κ1) is 16.7. The molecule has 0 saturated heterocycles. The molecule has 0 atom stereocenters. The number of hydrogen-bond acceptors (Lipinski definition) is 1. The standard InChI is InChI=1S/C14H7BrF6O/c15-12-5-4-9(7-11(12)13(16,17)18)8-2-1-3-10(6-8)22-14(19,20)21/h1-7H. The van der Waals surface area contributed by atoms with Crippen molar-refractivity contribution in [1.82, 2.24) is 0 Å². The molecule has 22 heavy (non-hydrogen) atoms. The van der Waals surface area contributed by atoms with Crippen LogP contribution in [0.3, 0.4) is 0 Å². The fraction of sp³-hybridized carbons (Fsp3) is 0.143. The SMILES string of the molecule is FC(F)(F)Oc1cccc(-c2ccc(Br)c(C(F)(F)F)c2)c1. The largest absolute Gasteiger partial charge is 0.573 e. The van der Waals surface area contributed by atoms with E-state index < -0.39 is 23.9 Å². The predicted octanol–water partition coefficient (Wildman–Crippen LogP) is 6.03. The zero-order chi connectivity index (χ0) is 16.5. The van der Waals surface area contributed by atoms with Crippen molar-refractivity contribution < 1.29 is 31.1 Å². The van der Waals surface area contributed by atoms with Gasteiger partial charge in [0.05, 0.1) is 5.56 Å². The highest BCUT2D eigenvalue weighted by molar-refractivity contribution is 9.10. The van der Waals surface area contributed by atoms with Crippen LogP contribution in [0.4, 0.5) is 26.3 Å². The molecule has 0 aliphatic carbocycles. The van der Waals surface area contributed by atoms with E-state index in [4.69, 9.17) is 0 Å². The average Bonchev–Trinajstić information content (AvgIpc) is 2.36. The summed E-state index contributed by atoms with van der Waals surface area (Å²) in [5.41, 5.74) is -0.602. The van der Waals surface area contributed by atoms with Gasteiger partial charge >= 0.3 is 12.5 Å². The lowest BCUT2D eigenvalue weighted by atomic mass is 10.0. The maximum absolute atomic E-state index is 12.8. The van der Waals surface area contributed by atoms with Crippen LogP contribution in [-0.2, 0) is 6.18 Å². The van der Waals surface area contributed by atoms with E-state index in [0.29, 0.717) is 0 Å². The summed E-state index contributed by atoms with van der Waals surface area (Å²) in [4.78, 5) is 0. The van der Waals surface area contributed by atoms with Crippen LogP contribution in [0, 0.1) is 0 Å². The van der Waals surface area contributed by atoms with Gasteiger partial charge in [-0.2, -0.15) is 13.2 Å². The number of ether oxygens (including phenoxy) is 1. The molecule has 0 unspecified atom stereocenters. The topological polar surface area (TPSA) is 9.23 Å². The van der Waals surface area contributed by atoms with Gasteiger partial charge < -0.3 is 4.74 Å². The van der Waals surface area contributed by atoms with Crippen molar-refractivity contribution in [2.75, 3.05) is 0 Å². The van der Waals surface area contributed by atoms with Crippen molar-refractivity contribution in [3.8, 4) is 16.9 Å². The van der Waals surface area contributed by atoms with Crippen LogP contribution in [0.1, 0.15) is 5.56 Å². The minimum absolute atomic E-state index is 0.128. The maximum Gasteiger partial charge on any atom is 0.573 e. The number of halogens is 7. The Bertz CT molecular complexity index is 678. The third kappa shape index (κ3) is 4.16. The molecule has 0 aromatic heterocycles. The molecule has 0 fully saturated rings. The summed E-state index contributed by atoms with van der Waals surface area (Å²) in [6.07, 6.45) is -9.44. The lowest BCUT2D eigenvalue weighted by Crippen LogP contribution is -2.17. The van der Waals surface area contributed by atoms with E-state index in [1.807, 2.05) is 0 Å². The highest BCUT2D eigenvalue weighted by Gasteiger charge is 2.33. The first-order chi connectivity index (χ1) is 10.1. The predicted molar refractivity (Wildman–Crippen MR) is 71.3 cm³/mol. The Balaban J connectivity index is 2.43. The monoisotopic (exact) mass is 384 g/mol. The highest BCUT2D eigenvalue weighted by Crippen LogP contribution is 2.38. The number of benzene rings is 2. The lowest BCUT2D eigenvalue weighted by molar-refractivity contribution is -0.274. The van der Waals surface area contributed by atoms with Crippen LogP contribution in [0.2, 0.25) is 0 Å². The molecule has 118 valence electrons. The minimum Gasteiger partial charge on any atom is -0.406 e. The zero-order valence-corrected chi connectivity index (χ0v) is 12.2. The van der Waals surface area contributed by atoms with E-state index in [1.165, 1.54) is 24.3 Å². The molecular weight excluding hydrogens is 378 g/mol. The van der Waals surface area contributed by atoms with Gasteiger partial charge in [-0.1, -0.05) is 34.1 Å². The maximum atomic E-state index is 12.8. The molecular formula is C14H7BrF6O. The summed E-state index contributed by atoms with van der Waals surface area (Å²) in [5, 5.41) is 0. The fourth-order valence-corrected chi connectivity index (χ4v) is 2.27. The van der Waals surface area contributed by atoms with E-state index >= 15 is 0 Å². The second kappa shape index (κ2) is 5.83. The zero-order valence-electron chi connectivity index (χ0n) is 10.6. The van der Waals surface area contributed by atoms with Crippen molar-refractivity contribution in [2.24, 2.45) is 0 Å². The van der Waals surface area contributed by atoms with Crippen LogP contribution in [0.25, 0.3) is 11.1 Å². The Labute approximate surface area is 129 Å². The molecule has 0 spiro atoms. The molecule has 2 rings (SSSR count). The van der Waals surface area contributed by atoms with E-state index in [-0.39, 0.29) is 15.6 Å². The first-order valence-corrected chi connectivity index (χ1v) is 6.58. The number of hydrogen-bond donors (Lipinski definition) is 0. The second-order valence-corrected chi connectivity index (χ2v) is 5.12. The molecule has 8 heteroatoms. The molecule has 2 aromatic carbocycles. The van der Waals surface area contributed by atoms with Gasteiger partial charge in [-0.25, -0.2) is 0 Å². The van der Waals surface area contributed by atoms with Gasteiger partial charge in [0.2, 0.25) is 0 Å². The van der Waals surface area contributed by atoms with E-state index in [9.17, 15) is 26.3 Å². The summed E-state index contributed by atoms with van der Waals surface area (Å²) in [6, 6.07) is 8.17.